The van der Waals surface area contributed by atoms with Crippen molar-refractivity contribution in [2.75, 3.05) is 13.7 Å². The van der Waals surface area contributed by atoms with Crippen molar-refractivity contribution in [1.82, 2.24) is 4.90 Å². The van der Waals surface area contributed by atoms with Crippen LogP contribution in [0.25, 0.3) is 0 Å². The Kier molecular flexibility index (Phi) is 7.97. The number of hydrogen-bond donors (Lipinski definition) is 0. The molecule has 166 valence electrons. The van der Waals surface area contributed by atoms with Crippen molar-refractivity contribution in [2.45, 2.75) is 26.3 Å². The van der Waals surface area contributed by atoms with Gasteiger partial charge in [-0.05, 0) is 60.5 Å². The van der Waals surface area contributed by atoms with Crippen molar-refractivity contribution in [2.24, 2.45) is 0 Å². The number of benzene rings is 3. The number of carbonyl (C=O) groups is 2. The first-order valence-electron chi connectivity index (χ1n) is 10.5. The quantitative estimate of drug-likeness (QED) is 0.396. The molecule has 0 saturated heterocycles. The van der Waals surface area contributed by atoms with Crippen LogP contribution in [0.3, 0.4) is 0 Å². The van der Waals surface area contributed by atoms with Crippen molar-refractivity contribution in [3.8, 4) is 11.5 Å². The van der Waals surface area contributed by atoms with E-state index in [4.69, 9.17) is 9.47 Å². The van der Waals surface area contributed by atoms with Gasteiger partial charge in [0.25, 0.3) is 5.91 Å². The highest BCUT2D eigenvalue weighted by atomic mass is 19.1. The molecule has 3 aromatic carbocycles. The average Bonchev–Trinajstić information content (AvgIpc) is 2.83. The number of halogens is 1. The third-order valence-corrected chi connectivity index (χ3v) is 4.98. The van der Waals surface area contributed by atoms with E-state index in [9.17, 15) is 14.0 Å². The average molecular weight is 435 g/mol. The summed E-state index contributed by atoms with van der Waals surface area (Å²) in [5, 5.41) is 0. The molecule has 0 N–H and O–H groups in total. The largest absolute Gasteiger partial charge is 0.465 e. The zero-order valence-electron chi connectivity index (χ0n) is 18.2. The Morgan fingerprint density at radius 3 is 2.19 bits per heavy atom. The number of para-hydroxylation sites is 1. The number of ether oxygens (including phenoxy) is 2. The summed E-state index contributed by atoms with van der Waals surface area (Å²) in [6.45, 7) is 3.11. The fourth-order valence-corrected chi connectivity index (χ4v) is 3.19. The maximum absolute atomic E-state index is 13.8. The lowest BCUT2D eigenvalue weighted by Crippen LogP contribution is -2.31. The van der Waals surface area contributed by atoms with Crippen LogP contribution in [0.4, 0.5) is 4.39 Å². The Hall–Kier alpha value is -3.67. The van der Waals surface area contributed by atoms with E-state index in [1.165, 1.54) is 13.2 Å². The van der Waals surface area contributed by atoms with E-state index in [1.807, 2.05) is 12.1 Å². The van der Waals surface area contributed by atoms with E-state index in [2.05, 4.69) is 6.92 Å². The van der Waals surface area contributed by atoms with Crippen LogP contribution in [0.5, 0.6) is 11.5 Å². The monoisotopic (exact) mass is 435 g/mol. The van der Waals surface area contributed by atoms with Gasteiger partial charge in [0.2, 0.25) is 0 Å². The highest BCUT2D eigenvalue weighted by Crippen LogP contribution is 2.24. The number of amides is 1. The Labute approximate surface area is 187 Å². The van der Waals surface area contributed by atoms with E-state index < -0.39 is 11.8 Å². The maximum Gasteiger partial charge on any atom is 0.337 e. The third kappa shape index (κ3) is 5.94. The topological polar surface area (TPSA) is 55.8 Å². The molecule has 0 radical (unpaired) electrons. The molecule has 1 amide bonds. The van der Waals surface area contributed by atoms with E-state index in [0.29, 0.717) is 30.0 Å². The lowest BCUT2D eigenvalue weighted by Gasteiger charge is -2.23. The molecule has 0 bridgehead atoms. The second-order valence-electron chi connectivity index (χ2n) is 7.33. The maximum atomic E-state index is 13.8. The molecule has 3 rings (SSSR count). The molecule has 3 aromatic rings. The van der Waals surface area contributed by atoms with Gasteiger partial charge < -0.3 is 14.4 Å². The molecule has 0 atom stereocenters. The van der Waals surface area contributed by atoms with Crippen LogP contribution >= 0.6 is 0 Å². The highest BCUT2D eigenvalue weighted by molar-refractivity contribution is 5.94. The van der Waals surface area contributed by atoms with E-state index >= 15 is 0 Å². The molecule has 0 spiro atoms. The van der Waals surface area contributed by atoms with Gasteiger partial charge in [-0.3, -0.25) is 4.79 Å². The molecule has 0 fully saturated rings. The van der Waals surface area contributed by atoms with Crippen molar-refractivity contribution in [3.63, 3.8) is 0 Å². The first kappa shape index (κ1) is 23.0. The molecule has 6 heteroatoms. The lowest BCUT2D eigenvalue weighted by atomic mass is 10.1. The van der Waals surface area contributed by atoms with E-state index in [-0.39, 0.29) is 11.7 Å². The predicted molar refractivity (Wildman–Crippen MR) is 120 cm³/mol. The number of nitrogens with zero attached hydrogens (tertiary/aromatic N) is 1. The second kappa shape index (κ2) is 11.1. The molecular formula is C26H26FNO4. The lowest BCUT2D eigenvalue weighted by molar-refractivity contribution is 0.0600. The highest BCUT2D eigenvalue weighted by Gasteiger charge is 2.17. The van der Waals surface area contributed by atoms with E-state index in [0.717, 1.165) is 18.4 Å². The van der Waals surface area contributed by atoms with Crippen LogP contribution in [-0.4, -0.2) is 30.4 Å². The van der Waals surface area contributed by atoms with Crippen molar-refractivity contribution >= 4 is 11.9 Å². The summed E-state index contributed by atoms with van der Waals surface area (Å²) in [6, 6.07) is 19.9. The summed E-state index contributed by atoms with van der Waals surface area (Å²) >= 11 is 0. The summed E-state index contributed by atoms with van der Waals surface area (Å²) < 4.78 is 24.1. The van der Waals surface area contributed by atoms with Gasteiger partial charge in [0.1, 0.15) is 5.75 Å². The SMILES string of the molecule is CCCCN(Cc1ccc(C(=O)OC)cc1)C(=O)c1ccc(Oc2ccccc2F)cc1. The summed E-state index contributed by atoms with van der Waals surface area (Å²) in [6.07, 6.45) is 1.83. The summed E-state index contributed by atoms with van der Waals surface area (Å²) in [4.78, 5) is 26.6. The van der Waals surface area contributed by atoms with Gasteiger partial charge in [0.15, 0.2) is 11.6 Å². The van der Waals surface area contributed by atoms with Crippen LogP contribution in [0.15, 0.2) is 72.8 Å². The fourth-order valence-electron chi connectivity index (χ4n) is 3.19. The van der Waals surface area contributed by atoms with Crippen LogP contribution in [0.1, 0.15) is 46.0 Å². The summed E-state index contributed by atoms with van der Waals surface area (Å²) in [5.41, 5.74) is 1.91. The molecule has 0 unspecified atom stereocenters. The zero-order chi connectivity index (χ0) is 22.9. The van der Waals surface area contributed by atoms with E-state index in [1.54, 1.807) is 59.5 Å². The van der Waals surface area contributed by atoms with Crippen molar-refractivity contribution in [3.05, 3.63) is 95.3 Å². The first-order valence-corrected chi connectivity index (χ1v) is 10.5. The van der Waals surface area contributed by atoms with Gasteiger partial charge in [0.05, 0.1) is 12.7 Å². The summed E-state index contributed by atoms with van der Waals surface area (Å²) in [5.74, 6) is -0.366. The third-order valence-electron chi connectivity index (χ3n) is 4.98. The molecular weight excluding hydrogens is 409 g/mol. The number of esters is 1. The normalized spacial score (nSPS) is 10.5. The number of rotatable bonds is 9. The van der Waals surface area contributed by atoms with Gasteiger partial charge >= 0.3 is 5.97 Å². The minimum absolute atomic E-state index is 0.104. The van der Waals surface area contributed by atoms with Gasteiger partial charge in [-0.25, -0.2) is 9.18 Å². The Morgan fingerprint density at radius 2 is 1.56 bits per heavy atom. The molecule has 0 aliphatic carbocycles. The minimum atomic E-state index is -0.448. The smallest absolute Gasteiger partial charge is 0.337 e. The first-order chi connectivity index (χ1) is 15.5. The minimum Gasteiger partial charge on any atom is -0.465 e. The zero-order valence-corrected chi connectivity index (χ0v) is 18.2. The second-order valence-corrected chi connectivity index (χ2v) is 7.33. The molecule has 0 aromatic heterocycles. The van der Waals surface area contributed by atoms with Gasteiger partial charge in [0, 0.05) is 18.7 Å². The molecule has 0 aliphatic rings. The molecule has 32 heavy (non-hydrogen) atoms. The number of carbonyl (C=O) groups excluding carboxylic acids is 2. The Balaban J connectivity index is 1.72. The number of methoxy groups -OCH3 is 1. The molecule has 0 saturated carbocycles. The molecule has 0 aliphatic heterocycles. The van der Waals surface area contributed by atoms with Crippen molar-refractivity contribution in [1.29, 1.82) is 0 Å². The number of hydrogen-bond acceptors (Lipinski definition) is 4. The van der Waals surface area contributed by atoms with Gasteiger partial charge in [-0.15, -0.1) is 0 Å². The number of unbranched alkanes of at least 4 members (excludes halogenated alkanes) is 1. The summed E-state index contributed by atoms with van der Waals surface area (Å²) in [7, 11) is 1.34. The predicted octanol–water partition coefficient (Wildman–Crippen LogP) is 5.85. The Morgan fingerprint density at radius 1 is 0.906 bits per heavy atom. The van der Waals surface area contributed by atoms with Crippen molar-refractivity contribution < 1.29 is 23.5 Å². The van der Waals surface area contributed by atoms with Crippen LogP contribution in [0, 0.1) is 5.82 Å². The van der Waals surface area contributed by atoms with Crippen LogP contribution in [-0.2, 0) is 11.3 Å². The standard InChI is InChI=1S/C26H26FNO4/c1-3-4-17-28(18-19-9-11-21(12-10-19)26(30)31-2)25(29)20-13-15-22(16-14-20)32-24-8-6-5-7-23(24)27/h5-16H,3-4,17-18H2,1-2H3. The van der Waals surface area contributed by atoms with Crippen LogP contribution in [0.2, 0.25) is 0 Å². The van der Waals surface area contributed by atoms with Crippen LogP contribution < -0.4 is 4.74 Å². The molecule has 0 heterocycles. The molecule has 5 nitrogen and oxygen atoms in total. The fraction of sp³-hybridized carbons (Fsp3) is 0.231. The van der Waals surface area contributed by atoms with Gasteiger partial charge in [-0.2, -0.15) is 0 Å². The van der Waals surface area contributed by atoms with Gasteiger partial charge in [-0.1, -0.05) is 37.6 Å². The Bertz CT molecular complexity index is 1050.